The number of aromatic amines is 1. The summed E-state index contributed by atoms with van der Waals surface area (Å²) in [5.41, 5.74) is 2.87. The van der Waals surface area contributed by atoms with E-state index in [2.05, 4.69) is 42.2 Å². The molecule has 0 radical (unpaired) electrons. The lowest BCUT2D eigenvalue weighted by Crippen LogP contribution is -2.52. The van der Waals surface area contributed by atoms with Gasteiger partial charge in [-0.1, -0.05) is 30.3 Å². The number of rotatable bonds is 11. The minimum Gasteiger partial charge on any atom is -0.353 e. The van der Waals surface area contributed by atoms with Crippen LogP contribution in [0.4, 0.5) is 14.6 Å². The molecule has 5 aromatic rings. The lowest BCUT2D eigenvalue weighted by molar-refractivity contribution is -0.134. The molecule has 8 rings (SSSR count). The number of hydrogen-bond acceptors (Lipinski definition) is 10. The van der Waals surface area contributed by atoms with Crippen molar-refractivity contribution in [3.63, 3.8) is 0 Å². The molecule has 4 N–H and O–H groups in total. The van der Waals surface area contributed by atoms with Gasteiger partial charge in [0.2, 0.25) is 33.5 Å². The van der Waals surface area contributed by atoms with E-state index in [-0.39, 0.29) is 41.2 Å². The van der Waals surface area contributed by atoms with Crippen molar-refractivity contribution in [3.05, 3.63) is 113 Å². The zero-order chi connectivity index (χ0) is 43.0. The smallest absolute Gasteiger partial charge is 0.236 e. The highest BCUT2D eigenvalue weighted by Crippen LogP contribution is 2.32. The van der Waals surface area contributed by atoms with Gasteiger partial charge in [-0.05, 0) is 92.6 Å². The summed E-state index contributed by atoms with van der Waals surface area (Å²) >= 11 is 0. The van der Waals surface area contributed by atoms with Gasteiger partial charge in [0.1, 0.15) is 23.1 Å². The number of imide groups is 1. The lowest BCUT2D eigenvalue weighted by Gasteiger charge is -2.37. The Bertz CT molecular complexity index is 2600. The molecular weight excluding hydrogens is 807 g/mol. The number of primary sulfonamides is 1. The first-order chi connectivity index (χ1) is 29.2. The Morgan fingerprint density at radius 2 is 1.59 bits per heavy atom. The summed E-state index contributed by atoms with van der Waals surface area (Å²) in [6.45, 7) is 5.69. The molecule has 6 heterocycles. The van der Waals surface area contributed by atoms with Crippen LogP contribution in [0.25, 0.3) is 22.2 Å². The van der Waals surface area contributed by atoms with E-state index in [4.69, 9.17) is 5.14 Å². The predicted molar refractivity (Wildman–Crippen MR) is 224 cm³/mol. The summed E-state index contributed by atoms with van der Waals surface area (Å²) in [6.07, 6.45) is 7.07. The van der Waals surface area contributed by atoms with Crippen LogP contribution in [0.3, 0.4) is 0 Å². The third-order valence-corrected chi connectivity index (χ3v) is 13.6. The van der Waals surface area contributed by atoms with Gasteiger partial charge in [-0.3, -0.25) is 29.4 Å². The number of halogens is 2. The fourth-order valence-corrected chi connectivity index (χ4v) is 8.94. The van der Waals surface area contributed by atoms with E-state index in [0.717, 1.165) is 49.4 Å². The molecule has 0 saturated carbocycles. The highest BCUT2D eigenvalue weighted by Gasteiger charge is 2.30. The maximum atomic E-state index is 15.6. The van der Waals surface area contributed by atoms with Crippen molar-refractivity contribution in [3.8, 4) is 11.1 Å². The number of likely N-dealkylation sites (tertiary alicyclic amines) is 1. The number of ketones is 1. The number of sulfonamides is 1. The first-order valence-electron chi connectivity index (χ1n) is 20.4. The molecule has 0 spiro atoms. The number of pyridine rings is 2. The van der Waals surface area contributed by atoms with Crippen molar-refractivity contribution in [2.75, 3.05) is 50.7 Å². The van der Waals surface area contributed by atoms with Gasteiger partial charge in [0.25, 0.3) is 0 Å². The van der Waals surface area contributed by atoms with Gasteiger partial charge < -0.3 is 14.8 Å². The molecule has 14 nitrogen and oxygen atoms in total. The number of aromatic nitrogens is 3. The van der Waals surface area contributed by atoms with Crippen molar-refractivity contribution < 1.29 is 36.4 Å². The van der Waals surface area contributed by atoms with Crippen molar-refractivity contribution >= 4 is 50.4 Å². The molecule has 17 heteroatoms. The predicted octanol–water partition coefficient (Wildman–Crippen LogP) is 4.40. The number of fused-ring (bicyclic) bond motifs is 1. The number of nitrogens with one attached hydrogen (secondary N) is 2. The quantitative estimate of drug-likeness (QED) is 0.127. The van der Waals surface area contributed by atoms with Gasteiger partial charge in [-0.15, -0.1) is 0 Å². The van der Waals surface area contributed by atoms with E-state index < -0.39 is 38.3 Å². The molecule has 3 aliphatic heterocycles. The van der Waals surface area contributed by atoms with Gasteiger partial charge in [0, 0.05) is 73.3 Å². The van der Waals surface area contributed by atoms with Gasteiger partial charge in [-0.2, -0.15) is 0 Å². The van der Waals surface area contributed by atoms with Gasteiger partial charge in [0.15, 0.2) is 0 Å². The molecule has 2 aromatic carbocycles. The zero-order valence-electron chi connectivity index (χ0n) is 33.6. The van der Waals surface area contributed by atoms with Gasteiger partial charge in [-0.25, -0.2) is 32.3 Å². The second-order valence-electron chi connectivity index (χ2n) is 16.1. The molecule has 2 unspecified atom stereocenters. The number of nitrogens with zero attached hydrogens (tertiary/aromatic N) is 5. The number of anilines is 1. The van der Waals surface area contributed by atoms with E-state index in [1.54, 1.807) is 18.5 Å². The SMILES string of the molecule is CC(Cc1ccc(F)c(C(=O)c2c[nH]c3ncc(-c4ccc(N5CCN(C(=O)CN6CCC(c7ccc(C8CCC(=O)NC8=O)cc7)CC6)CC5)nc4)cc23)c1F)S(N)(=O)=O. The van der Waals surface area contributed by atoms with Crippen LogP contribution in [0.15, 0.2) is 73.2 Å². The number of hydrogen-bond donors (Lipinski definition) is 3. The molecular formula is C44H46F2N8O6S. The highest BCUT2D eigenvalue weighted by molar-refractivity contribution is 7.89. The van der Waals surface area contributed by atoms with Crippen LogP contribution in [0.5, 0.6) is 0 Å². The van der Waals surface area contributed by atoms with E-state index in [0.29, 0.717) is 73.6 Å². The van der Waals surface area contributed by atoms with Crippen molar-refractivity contribution in [1.29, 1.82) is 0 Å². The highest BCUT2D eigenvalue weighted by atomic mass is 32.2. The summed E-state index contributed by atoms with van der Waals surface area (Å²) < 4.78 is 54.1. The minimum absolute atomic E-state index is 0.00377. The summed E-state index contributed by atoms with van der Waals surface area (Å²) in [6, 6.07) is 15.7. The Kier molecular flexibility index (Phi) is 11.8. The summed E-state index contributed by atoms with van der Waals surface area (Å²) in [5.74, 6) is -2.65. The Balaban J connectivity index is 0.843. The average molecular weight is 853 g/mol. The molecule has 318 valence electrons. The first kappa shape index (κ1) is 41.8. The van der Waals surface area contributed by atoms with Gasteiger partial charge >= 0.3 is 0 Å². The topological polar surface area (TPSA) is 192 Å². The lowest BCUT2D eigenvalue weighted by atomic mass is 9.86. The molecule has 3 saturated heterocycles. The standard InChI is InChI=1S/C44H46F2N8O6S/c1-26(61(47,59)60)20-30-6-9-36(45)40(41(30)46)42(57)35-24-50-43-34(35)21-32(23-49-43)31-7-10-37(48-22-31)53-16-18-54(19-17-53)39(56)25-52-14-12-28(13-15-52)27-2-4-29(5-3-27)33-8-11-38(55)51-44(33)58/h2-7,9-10,21-24,26,28,33H,8,11-20,25H2,1H3,(H,49,50)(H2,47,59,60)(H,51,55,58). The normalized spacial score (nSPS) is 18.7. The number of nitrogens with two attached hydrogens (primary N) is 1. The van der Waals surface area contributed by atoms with Crippen LogP contribution < -0.4 is 15.4 Å². The number of carbonyl (C=O) groups is 4. The Morgan fingerprint density at radius 3 is 2.26 bits per heavy atom. The fourth-order valence-electron chi connectivity index (χ4n) is 8.53. The molecule has 3 aromatic heterocycles. The third-order valence-electron chi connectivity index (χ3n) is 12.3. The molecule has 3 amide bonds. The van der Waals surface area contributed by atoms with Crippen molar-refractivity contribution in [1.82, 2.24) is 30.1 Å². The van der Waals surface area contributed by atoms with Gasteiger partial charge in [0.05, 0.1) is 23.3 Å². The van der Waals surface area contributed by atoms with E-state index in [1.807, 2.05) is 29.2 Å². The Hall–Kier alpha value is -5.91. The molecule has 3 fully saturated rings. The number of benzene rings is 2. The Labute approximate surface area is 351 Å². The number of piperazine rings is 1. The maximum Gasteiger partial charge on any atom is 0.236 e. The van der Waals surface area contributed by atoms with Crippen LogP contribution in [-0.2, 0) is 30.8 Å². The largest absolute Gasteiger partial charge is 0.353 e. The molecule has 0 bridgehead atoms. The number of H-pyrrole nitrogens is 1. The van der Waals surface area contributed by atoms with Crippen molar-refractivity contribution in [2.45, 2.75) is 56.1 Å². The minimum atomic E-state index is -3.99. The third kappa shape index (κ3) is 8.95. The summed E-state index contributed by atoms with van der Waals surface area (Å²) in [4.78, 5) is 69.0. The molecule has 3 aliphatic rings. The fraction of sp³-hybridized carbons (Fsp3) is 0.364. The maximum absolute atomic E-state index is 15.6. The van der Waals surface area contributed by atoms with Crippen LogP contribution in [-0.4, -0.2) is 108 Å². The van der Waals surface area contributed by atoms with E-state index in [1.165, 1.54) is 18.7 Å². The van der Waals surface area contributed by atoms with E-state index in [9.17, 15) is 32.0 Å². The second-order valence-corrected chi connectivity index (χ2v) is 18.1. The van der Waals surface area contributed by atoms with Crippen LogP contribution >= 0.6 is 0 Å². The molecule has 61 heavy (non-hydrogen) atoms. The number of carbonyl (C=O) groups excluding carboxylic acids is 4. The van der Waals surface area contributed by atoms with Crippen LogP contribution in [0, 0.1) is 11.6 Å². The van der Waals surface area contributed by atoms with E-state index >= 15 is 4.39 Å². The average Bonchev–Trinajstić information content (AvgIpc) is 3.68. The monoisotopic (exact) mass is 852 g/mol. The summed E-state index contributed by atoms with van der Waals surface area (Å²) in [7, 11) is -3.99. The van der Waals surface area contributed by atoms with Crippen LogP contribution in [0.2, 0.25) is 0 Å². The van der Waals surface area contributed by atoms with Crippen LogP contribution in [0.1, 0.15) is 77.1 Å². The zero-order valence-corrected chi connectivity index (χ0v) is 34.4. The van der Waals surface area contributed by atoms with Crippen molar-refractivity contribution in [2.24, 2.45) is 5.14 Å². The molecule has 2 atom stereocenters. The summed E-state index contributed by atoms with van der Waals surface area (Å²) in [5, 5.41) is 6.82. The molecule has 0 aliphatic carbocycles. The number of amides is 3. The second kappa shape index (κ2) is 17.2. The first-order valence-corrected chi connectivity index (χ1v) is 22.0. The number of piperidine rings is 2. The Morgan fingerprint density at radius 1 is 0.885 bits per heavy atom.